The Kier molecular flexibility index (Phi) is 5.17. The zero-order valence-electron chi connectivity index (χ0n) is 16.5. The number of para-hydroxylation sites is 1. The van der Waals surface area contributed by atoms with Gasteiger partial charge in [-0.15, -0.1) is 0 Å². The standard InChI is InChI=1S/C21H27N5O2/c1-24(2)21(28)18-9-6-12-25(18)14-20(27)22-19-13-17(15-10-11-15)23-26(19)16-7-4-3-5-8-16/h3-5,7-8,13,15,18H,6,9-12,14H2,1-2H3,(H,22,27). The first-order valence-corrected chi connectivity index (χ1v) is 9.93. The van der Waals surface area contributed by atoms with Crippen LogP contribution >= 0.6 is 0 Å². The Balaban J connectivity index is 1.49. The molecule has 28 heavy (non-hydrogen) atoms. The molecule has 2 aromatic rings. The Morgan fingerprint density at radius 2 is 1.93 bits per heavy atom. The molecule has 0 radical (unpaired) electrons. The molecule has 2 aliphatic rings. The molecule has 2 amide bonds. The highest BCUT2D eigenvalue weighted by Crippen LogP contribution is 2.40. The number of likely N-dealkylation sites (N-methyl/N-ethyl adjacent to an activating group) is 1. The van der Waals surface area contributed by atoms with Crippen LogP contribution in [0.2, 0.25) is 0 Å². The second-order valence-corrected chi connectivity index (χ2v) is 7.89. The van der Waals surface area contributed by atoms with Crippen molar-refractivity contribution in [2.75, 3.05) is 32.5 Å². The molecule has 1 saturated heterocycles. The van der Waals surface area contributed by atoms with Crippen LogP contribution in [0.1, 0.15) is 37.3 Å². The number of hydrogen-bond donors (Lipinski definition) is 1. The third-order valence-corrected chi connectivity index (χ3v) is 5.43. The predicted molar refractivity (Wildman–Crippen MR) is 107 cm³/mol. The third-order valence-electron chi connectivity index (χ3n) is 5.43. The molecule has 1 atom stereocenters. The fraction of sp³-hybridized carbons (Fsp3) is 0.476. The lowest BCUT2D eigenvalue weighted by molar-refractivity contribution is -0.133. The van der Waals surface area contributed by atoms with E-state index in [4.69, 9.17) is 5.10 Å². The van der Waals surface area contributed by atoms with Crippen LogP contribution in [-0.4, -0.2) is 64.6 Å². The molecule has 2 fully saturated rings. The first kappa shape index (κ1) is 18.7. The highest BCUT2D eigenvalue weighted by Gasteiger charge is 2.33. The van der Waals surface area contributed by atoms with Gasteiger partial charge in [0.1, 0.15) is 5.82 Å². The maximum Gasteiger partial charge on any atom is 0.239 e. The van der Waals surface area contributed by atoms with E-state index in [1.807, 2.05) is 41.3 Å². The van der Waals surface area contributed by atoms with Crippen LogP contribution in [0.15, 0.2) is 36.4 Å². The van der Waals surface area contributed by atoms with Crippen LogP contribution in [-0.2, 0) is 9.59 Å². The average Bonchev–Trinajstić information content (AvgIpc) is 3.30. The van der Waals surface area contributed by atoms with E-state index in [1.165, 1.54) is 0 Å². The zero-order chi connectivity index (χ0) is 19.7. The summed E-state index contributed by atoms with van der Waals surface area (Å²) >= 11 is 0. The van der Waals surface area contributed by atoms with Gasteiger partial charge in [0.25, 0.3) is 0 Å². The summed E-state index contributed by atoms with van der Waals surface area (Å²) in [4.78, 5) is 28.7. The summed E-state index contributed by atoms with van der Waals surface area (Å²) in [6.45, 7) is 0.978. The Bertz CT molecular complexity index is 857. The summed E-state index contributed by atoms with van der Waals surface area (Å²) in [6, 6.07) is 11.6. The van der Waals surface area contributed by atoms with Gasteiger partial charge in [-0.3, -0.25) is 14.5 Å². The molecule has 148 valence electrons. The molecule has 7 heteroatoms. The summed E-state index contributed by atoms with van der Waals surface area (Å²) in [5, 5.41) is 7.74. The Morgan fingerprint density at radius 1 is 1.18 bits per heavy atom. The number of aromatic nitrogens is 2. The van der Waals surface area contributed by atoms with Crippen molar-refractivity contribution in [1.29, 1.82) is 0 Å². The number of likely N-dealkylation sites (tertiary alicyclic amines) is 1. The number of anilines is 1. The van der Waals surface area contributed by atoms with Crippen LogP contribution in [0.4, 0.5) is 5.82 Å². The molecule has 0 bridgehead atoms. The first-order chi connectivity index (χ1) is 13.5. The molecule has 2 heterocycles. The number of benzene rings is 1. The Morgan fingerprint density at radius 3 is 2.61 bits per heavy atom. The van der Waals surface area contributed by atoms with Crippen molar-refractivity contribution in [3.8, 4) is 5.69 Å². The lowest BCUT2D eigenvalue weighted by atomic mass is 10.2. The minimum Gasteiger partial charge on any atom is -0.347 e. The van der Waals surface area contributed by atoms with Crippen molar-refractivity contribution in [3.63, 3.8) is 0 Å². The quantitative estimate of drug-likeness (QED) is 0.833. The van der Waals surface area contributed by atoms with Crippen LogP contribution in [0, 0.1) is 0 Å². The molecular formula is C21H27N5O2. The number of rotatable bonds is 6. The van der Waals surface area contributed by atoms with Gasteiger partial charge in [0.15, 0.2) is 0 Å². The van der Waals surface area contributed by atoms with Crippen molar-refractivity contribution >= 4 is 17.6 Å². The Hall–Kier alpha value is -2.67. The van der Waals surface area contributed by atoms with E-state index in [-0.39, 0.29) is 24.4 Å². The van der Waals surface area contributed by atoms with E-state index >= 15 is 0 Å². The summed E-state index contributed by atoms with van der Waals surface area (Å²) in [5.41, 5.74) is 1.95. The van der Waals surface area contributed by atoms with Gasteiger partial charge in [0.05, 0.1) is 24.0 Å². The van der Waals surface area contributed by atoms with Gasteiger partial charge in [-0.25, -0.2) is 4.68 Å². The van der Waals surface area contributed by atoms with Gasteiger partial charge in [-0.05, 0) is 44.4 Å². The molecule has 1 unspecified atom stereocenters. The number of nitrogens with zero attached hydrogens (tertiary/aromatic N) is 4. The SMILES string of the molecule is CN(C)C(=O)C1CCCN1CC(=O)Nc1cc(C2CC2)nn1-c1ccccc1. The van der Waals surface area contributed by atoms with Gasteiger partial charge in [-0.1, -0.05) is 18.2 Å². The van der Waals surface area contributed by atoms with Crippen molar-refractivity contribution in [2.24, 2.45) is 0 Å². The second kappa shape index (κ2) is 7.75. The topological polar surface area (TPSA) is 70.5 Å². The van der Waals surface area contributed by atoms with Crippen molar-refractivity contribution in [1.82, 2.24) is 19.6 Å². The summed E-state index contributed by atoms with van der Waals surface area (Å²) in [6.07, 6.45) is 4.05. The molecule has 1 aliphatic carbocycles. The highest BCUT2D eigenvalue weighted by molar-refractivity contribution is 5.92. The fourth-order valence-electron chi connectivity index (χ4n) is 3.79. The molecule has 7 nitrogen and oxygen atoms in total. The molecule has 1 saturated carbocycles. The van der Waals surface area contributed by atoms with Crippen molar-refractivity contribution in [3.05, 3.63) is 42.1 Å². The second-order valence-electron chi connectivity index (χ2n) is 7.89. The van der Waals surface area contributed by atoms with Gasteiger partial charge < -0.3 is 10.2 Å². The fourth-order valence-corrected chi connectivity index (χ4v) is 3.79. The number of hydrogen-bond acceptors (Lipinski definition) is 4. The molecule has 4 rings (SSSR count). The monoisotopic (exact) mass is 381 g/mol. The lowest BCUT2D eigenvalue weighted by Crippen LogP contribution is -2.45. The van der Waals surface area contributed by atoms with Gasteiger partial charge in [0.2, 0.25) is 11.8 Å². The van der Waals surface area contributed by atoms with Gasteiger partial charge in [0, 0.05) is 26.1 Å². The smallest absolute Gasteiger partial charge is 0.239 e. The highest BCUT2D eigenvalue weighted by atomic mass is 16.2. The summed E-state index contributed by atoms with van der Waals surface area (Å²) < 4.78 is 1.80. The Labute approximate surface area is 165 Å². The molecule has 1 N–H and O–H groups in total. The molecule has 0 spiro atoms. The lowest BCUT2D eigenvalue weighted by Gasteiger charge is -2.25. The molecular weight excluding hydrogens is 354 g/mol. The van der Waals surface area contributed by atoms with Crippen LogP contribution in [0.25, 0.3) is 5.69 Å². The largest absolute Gasteiger partial charge is 0.347 e. The van der Waals surface area contributed by atoms with E-state index < -0.39 is 0 Å². The zero-order valence-corrected chi connectivity index (χ0v) is 16.5. The van der Waals surface area contributed by atoms with E-state index in [9.17, 15) is 9.59 Å². The number of amides is 2. The van der Waals surface area contributed by atoms with Gasteiger partial charge in [-0.2, -0.15) is 5.10 Å². The maximum absolute atomic E-state index is 12.8. The summed E-state index contributed by atoms with van der Waals surface area (Å²) in [5.74, 6) is 1.14. The molecule has 1 aliphatic heterocycles. The molecule has 1 aromatic heterocycles. The minimum atomic E-state index is -0.207. The number of carbonyl (C=O) groups excluding carboxylic acids is 2. The maximum atomic E-state index is 12.8. The number of nitrogens with one attached hydrogen (secondary N) is 1. The molecule has 1 aromatic carbocycles. The van der Waals surface area contributed by atoms with E-state index in [2.05, 4.69) is 5.32 Å². The van der Waals surface area contributed by atoms with Crippen molar-refractivity contribution in [2.45, 2.75) is 37.6 Å². The third kappa shape index (κ3) is 3.94. The van der Waals surface area contributed by atoms with Gasteiger partial charge >= 0.3 is 0 Å². The van der Waals surface area contributed by atoms with Crippen LogP contribution in [0.3, 0.4) is 0 Å². The van der Waals surface area contributed by atoms with Crippen molar-refractivity contribution < 1.29 is 9.59 Å². The van der Waals surface area contributed by atoms with E-state index in [0.29, 0.717) is 11.7 Å². The minimum absolute atomic E-state index is 0.0654. The van der Waals surface area contributed by atoms with Crippen LogP contribution < -0.4 is 5.32 Å². The first-order valence-electron chi connectivity index (χ1n) is 9.93. The average molecular weight is 381 g/mol. The number of carbonyl (C=O) groups is 2. The predicted octanol–water partition coefficient (Wildman–Crippen LogP) is 2.24. The van der Waals surface area contributed by atoms with Crippen LogP contribution in [0.5, 0.6) is 0 Å². The van der Waals surface area contributed by atoms with E-state index in [1.54, 1.807) is 23.7 Å². The van der Waals surface area contributed by atoms with E-state index in [0.717, 1.165) is 43.6 Å². The normalized spacial score (nSPS) is 19.6. The summed E-state index contributed by atoms with van der Waals surface area (Å²) in [7, 11) is 3.52.